The Balaban J connectivity index is 1.78. The van der Waals surface area contributed by atoms with Crippen LogP contribution in [-0.2, 0) is 5.54 Å². The maximum atomic E-state index is 12.8. The molecule has 0 radical (unpaired) electrons. The second kappa shape index (κ2) is 6.96. The average Bonchev–Trinajstić information content (AvgIpc) is 2.97. The third-order valence-electron chi connectivity index (χ3n) is 4.96. The molecule has 0 unspecified atom stereocenters. The summed E-state index contributed by atoms with van der Waals surface area (Å²) in [5.74, 6) is -0.177. The summed E-state index contributed by atoms with van der Waals surface area (Å²) in [6.45, 7) is 9.95. The van der Waals surface area contributed by atoms with E-state index in [2.05, 4.69) is 40.0 Å². The van der Waals surface area contributed by atoms with Crippen LogP contribution in [0.2, 0.25) is 0 Å². The van der Waals surface area contributed by atoms with Crippen molar-refractivity contribution in [3.63, 3.8) is 0 Å². The van der Waals surface area contributed by atoms with E-state index >= 15 is 0 Å². The van der Waals surface area contributed by atoms with Crippen molar-refractivity contribution in [1.82, 2.24) is 25.6 Å². The number of nitrogens with one attached hydrogen (secondary N) is 2. The first kappa shape index (κ1) is 17.6. The Morgan fingerprint density at radius 3 is 2.68 bits per heavy atom. The minimum Gasteiger partial charge on any atom is -0.342 e. The number of hydrogen-bond donors (Lipinski definition) is 2. The zero-order valence-corrected chi connectivity index (χ0v) is 15.5. The molecule has 0 bridgehead atoms. The molecule has 2 N–H and O–H groups in total. The van der Waals surface area contributed by atoms with Crippen molar-refractivity contribution >= 4 is 5.91 Å². The highest BCUT2D eigenvalue weighted by atomic mass is 16.2. The molecule has 3 rings (SSSR count). The molecule has 1 fully saturated rings. The summed E-state index contributed by atoms with van der Waals surface area (Å²) < 4.78 is 1.91. The number of carbonyl (C=O) groups is 1. The molecule has 2 aromatic rings. The van der Waals surface area contributed by atoms with Crippen LogP contribution in [0.1, 0.15) is 60.0 Å². The van der Waals surface area contributed by atoms with E-state index in [1.165, 1.54) is 5.56 Å². The largest absolute Gasteiger partial charge is 0.342 e. The number of hydrogen-bond acceptors (Lipinski definition) is 4. The van der Waals surface area contributed by atoms with Crippen molar-refractivity contribution in [2.24, 2.45) is 0 Å². The van der Waals surface area contributed by atoms with Crippen LogP contribution < -0.4 is 10.6 Å². The minimum atomic E-state index is -0.478. The zero-order valence-electron chi connectivity index (χ0n) is 15.5. The maximum Gasteiger partial charge on any atom is 0.274 e. The van der Waals surface area contributed by atoms with Gasteiger partial charge >= 0.3 is 0 Å². The van der Waals surface area contributed by atoms with Crippen LogP contribution in [-0.4, -0.2) is 34.0 Å². The lowest BCUT2D eigenvalue weighted by Gasteiger charge is -2.27. The van der Waals surface area contributed by atoms with Crippen molar-refractivity contribution in [2.45, 2.75) is 52.1 Å². The van der Waals surface area contributed by atoms with Crippen molar-refractivity contribution in [3.8, 4) is 0 Å². The zero-order chi connectivity index (χ0) is 18.0. The van der Waals surface area contributed by atoms with Gasteiger partial charge in [-0.05, 0) is 59.2 Å². The molecule has 0 saturated carbocycles. The molecule has 1 amide bonds. The number of aromatic nitrogens is 3. The van der Waals surface area contributed by atoms with E-state index in [-0.39, 0.29) is 5.91 Å². The molecule has 1 aromatic carbocycles. The predicted molar refractivity (Wildman–Crippen MR) is 97.6 cm³/mol. The second-order valence-corrected chi connectivity index (χ2v) is 7.40. The van der Waals surface area contributed by atoms with Gasteiger partial charge in [0.1, 0.15) is 0 Å². The Labute approximate surface area is 149 Å². The molecular formula is C19H27N5O. The molecule has 1 aliphatic heterocycles. The highest BCUT2D eigenvalue weighted by Gasteiger charge is 2.28. The Morgan fingerprint density at radius 2 is 2.00 bits per heavy atom. The number of amides is 1. The quantitative estimate of drug-likeness (QED) is 0.896. The van der Waals surface area contributed by atoms with Crippen molar-refractivity contribution in [3.05, 3.63) is 46.8 Å². The number of benzene rings is 1. The van der Waals surface area contributed by atoms with Crippen LogP contribution in [0, 0.1) is 13.8 Å². The number of carbonyl (C=O) groups excluding carboxylic acids is 1. The first-order chi connectivity index (χ1) is 11.9. The molecule has 6 heteroatoms. The van der Waals surface area contributed by atoms with Gasteiger partial charge in [0.2, 0.25) is 0 Å². The molecule has 25 heavy (non-hydrogen) atoms. The van der Waals surface area contributed by atoms with Gasteiger partial charge in [0.25, 0.3) is 5.91 Å². The van der Waals surface area contributed by atoms with E-state index in [4.69, 9.17) is 0 Å². The molecule has 6 nitrogen and oxygen atoms in total. The van der Waals surface area contributed by atoms with Gasteiger partial charge in [-0.15, -0.1) is 5.10 Å². The highest BCUT2D eigenvalue weighted by Crippen LogP contribution is 2.23. The molecule has 1 aromatic heterocycles. The lowest BCUT2D eigenvalue weighted by atomic mass is 9.93. The first-order valence-corrected chi connectivity index (χ1v) is 8.90. The number of piperidine rings is 1. The summed E-state index contributed by atoms with van der Waals surface area (Å²) in [6, 6.07) is 8.51. The van der Waals surface area contributed by atoms with E-state index in [1.54, 1.807) is 0 Å². The molecule has 1 saturated heterocycles. The number of nitrogens with zero attached hydrogens (tertiary/aromatic N) is 3. The van der Waals surface area contributed by atoms with E-state index < -0.39 is 5.54 Å². The van der Waals surface area contributed by atoms with Gasteiger partial charge < -0.3 is 10.6 Å². The number of aryl methyl sites for hydroxylation is 1. The lowest BCUT2D eigenvalue weighted by molar-refractivity contribution is 0.0906. The van der Waals surface area contributed by atoms with Crippen LogP contribution in [0.15, 0.2) is 24.3 Å². The molecular weight excluding hydrogens is 314 g/mol. The summed E-state index contributed by atoms with van der Waals surface area (Å²) in [5, 5.41) is 14.9. The van der Waals surface area contributed by atoms with Crippen molar-refractivity contribution in [1.29, 1.82) is 0 Å². The van der Waals surface area contributed by atoms with Gasteiger partial charge in [0, 0.05) is 0 Å². The third-order valence-corrected chi connectivity index (χ3v) is 4.96. The molecule has 1 aliphatic rings. The summed E-state index contributed by atoms with van der Waals surface area (Å²) in [5.41, 5.74) is 3.02. The van der Waals surface area contributed by atoms with E-state index in [0.717, 1.165) is 37.2 Å². The van der Waals surface area contributed by atoms with Gasteiger partial charge in [0.15, 0.2) is 5.69 Å². The van der Waals surface area contributed by atoms with Gasteiger partial charge in [0.05, 0.1) is 17.3 Å². The Morgan fingerprint density at radius 1 is 1.28 bits per heavy atom. The number of rotatable bonds is 4. The predicted octanol–water partition coefficient (Wildman–Crippen LogP) is 2.48. The highest BCUT2D eigenvalue weighted by molar-refractivity contribution is 5.93. The summed E-state index contributed by atoms with van der Waals surface area (Å²) in [7, 11) is 0. The van der Waals surface area contributed by atoms with Crippen molar-refractivity contribution in [2.75, 3.05) is 13.1 Å². The smallest absolute Gasteiger partial charge is 0.274 e. The summed E-state index contributed by atoms with van der Waals surface area (Å²) >= 11 is 0. The fourth-order valence-electron chi connectivity index (χ4n) is 3.40. The monoisotopic (exact) mass is 341 g/mol. The van der Waals surface area contributed by atoms with Gasteiger partial charge in [-0.25, -0.2) is 4.68 Å². The van der Waals surface area contributed by atoms with Crippen LogP contribution in [0.25, 0.3) is 0 Å². The van der Waals surface area contributed by atoms with E-state index in [0.29, 0.717) is 11.7 Å². The molecule has 0 atom stereocenters. The van der Waals surface area contributed by atoms with Gasteiger partial charge in [-0.2, -0.15) is 0 Å². The SMILES string of the molecule is Cc1cccc(C(C)(C)NC(=O)c2nnn(C3CCNCC3)c2C)c1. The van der Waals surface area contributed by atoms with Crippen LogP contribution >= 0.6 is 0 Å². The molecule has 134 valence electrons. The fourth-order valence-corrected chi connectivity index (χ4v) is 3.40. The van der Waals surface area contributed by atoms with Gasteiger partial charge in [-0.3, -0.25) is 4.79 Å². The van der Waals surface area contributed by atoms with E-state index in [1.807, 2.05) is 37.6 Å². The first-order valence-electron chi connectivity index (χ1n) is 8.90. The van der Waals surface area contributed by atoms with E-state index in [9.17, 15) is 4.79 Å². The minimum absolute atomic E-state index is 0.177. The van der Waals surface area contributed by atoms with Crippen LogP contribution in [0.3, 0.4) is 0 Å². The Bertz CT molecular complexity index is 759. The summed E-state index contributed by atoms with van der Waals surface area (Å²) in [4.78, 5) is 12.8. The Kier molecular flexibility index (Phi) is 4.90. The topological polar surface area (TPSA) is 71.8 Å². The second-order valence-electron chi connectivity index (χ2n) is 7.40. The van der Waals surface area contributed by atoms with Crippen LogP contribution in [0.5, 0.6) is 0 Å². The lowest BCUT2D eigenvalue weighted by Crippen LogP contribution is -2.41. The Hall–Kier alpha value is -2.21. The van der Waals surface area contributed by atoms with Crippen LogP contribution in [0.4, 0.5) is 0 Å². The maximum absolute atomic E-state index is 12.8. The fraction of sp³-hybridized carbons (Fsp3) is 0.526. The average molecular weight is 341 g/mol. The summed E-state index contributed by atoms with van der Waals surface area (Å²) in [6.07, 6.45) is 2.03. The normalized spacial score (nSPS) is 16.0. The molecule has 0 spiro atoms. The standard InChI is InChI=1S/C19H27N5O/c1-13-6-5-7-15(12-13)19(3,4)21-18(25)17-14(2)24(23-22-17)16-8-10-20-11-9-16/h5-7,12,16,20H,8-11H2,1-4H3,(H,21,25). The molecule has 0 aliphatic carbocycles. The molecule has 2 heterocycles. The van der Waals surface area contributed by atoms with Gasteiger partial charge in [-0.1, -0.05) is 35.0 Å². The third kappa shape index (κ3) is 3.74. The van der Waals surface area contributed by atoms with Crippen molar-refractivity contribution < 1.29 is 4.79 Å².